The van der Waals surface area contributed by atoms with Crippen molar-refractivity contribution in [1.82, 2.24) is 29.8 Å². The van der Waals surface area contributed by atoms with Crippen LogP contribution < -0.4 is 5.69 Å². The number of halogens is 1. The van der Waals surface area contributed by atoms with Crippen molar-refractivity contribution in [2.24, 2.45) is 0 Å². The highest BCUT2D eigenvalue weighted by Crippen LogP contribution is 2.27. The average molecular weight is 371 g/mol. The summed E-state index contributed by atoms with van der Waals surface area (Å²) in [5.41, 5.74) is 0.137. The van der Waals surface area contributed by atoms with Gasteiger partial charge in [-0.05, 0) is 28.1 Å². The number of rotatable bonds is 2. The van der Waals surface area contributed by atoms with E-state index in [1.807, 2.05) is 0 Å². The van der Waals surface area contributed by atoms with E-state index in [4.69, 9.17) is 0 Å². The Balaban J connectivity index is 2.36. The first kappa shape index (κ1) is 13.8. The number of aromatic amines is 1. The quantitative estimate of drug-likeness (QED) is 0.675. The molecule has 21 heavy (non-hydrogen) atoms. The van der Waals surface area contributed by atoms with E-state index in [1.54, 1.807) is 12.1 Å². The molecule has 1 N–H and O–H groups in total. The number of hydrogen-bond donors (Lipinski definition) is 1. The molecule has 0 spiro atoms. The third-order valence-electron chi connectivity index (χ3n) is 2.58. The van der Waals surface area contributed by atoms with Gasteiger partial charge in [-0.2, -0.15) is 19.7 Å². The Hall–Kier alpha value is -2.14. The molecule has 0 fully saturated rings. The van der Waals surface area contributed by atoms with E-state index < -0.39 is 20.7 Å². The van der Waals surface area contributed by atoms with Gasteiger partial charge in [0.25, 0.3) is 0 Å². The van der Waals surface area contributed by atoms with E-state index in [0.29, 0.717) is 15.9 Å². The minimum absolute atomic E-state index is 0.0832. The van der Waals surface area contributed by atoms with Crippen molar-refractivity contribution in [3.8, 4) is 11.4 Å². The lowest BCUT2D eigenvalue weighted by Gasteiger charge is -1.97. The molecule has 0 unspecified atom stereocenters. The van der Waals surface area contributed by atoms with Gasteiger partial charge < -0.3 is 0 Å². The lowest BCUT2D eigenvalue weighted by Crippen LogP contribution is -2.22. The van der Waals surface area contributed by atoms with Crippen LogP contribution in [0.4, 0.5) is 0 Å². The van der Waals surface area contributed by atoms with Gasteiger partial charge in [-0.1, -0.05) is 0 Å². The van der Waals surface area contributed by atoms with E-state index >= 15 is 0 Å². The van der Waals surface area contributed by atoms with Crippen LogP contribution in [-0.4, -0.2) is 44.5 Å². The van der Waals surface area contributed by atoms with Crippen LogP contribution in [0.1, 0.15) is 0 Å². The molecular formula is C10H7BrN6O3S. The monoisotopic (exact) mass is 370 g/mol. The fraction of sp³-hybridized carbons (Fsp3) is 0.100. The Bertz CT molecular complexity index is 995. The summed E-state index contributed by atoms with van der Waals surface area (Å²) in [6.45, 7) is 0. The summed E-state index contributed by atoms with van der Waals surface area (Å²) in [4.78, 5) is 18.0. The second-order valence-corrected chi connectivity index (χ2v) is 6.85. The minimum Gasteiger partial charge on any atom is -0.281 e. The summed E-state index contributed by atoms with van der Waals surface area (Å²) >= 11 is 3.26. The third-order valence-corrected chi connectivity index (χ3v) is 4.21. The zero-order valence-corrected chi connectivity index (χ0v) is 12.9. The van der Waals surface area contributed by atoms with E-state index in [0.717, 1.165) is 10.8 Å². The van der Waals surface area contributed by atoms with Crippen LogP contribution in [0.5, 0.6) is 0 Å². The Kier molecular flexibility index (Phi) is 3.10. The maximum atomic E-state index is 11.9. The van der Waals surface area contributed by atoms with Crippen molar-refractivity contribution >= 4 is 31.4 Å². The van der Waals surface area contributed by atoms with Gasteiger partial charge in [0, 0.05) is 12.5 Å². The number of nitrogens with one attached hydrogen (secondary N) is 1. The van der Waals surface area contributed by atoms with Crippen LogP contribution >= 0.6 is 15.9 Å². The van der Waals surface area contributed by atoms with Gasteiger partial charge in [-0.3, -0.25) is 4.98 Å². The Morgan fingerprint density at radius 1 is 1.38 bits per heavy atom. The highest BCUT2D eigenvalue weighted by Gasteiger charge is 2.20. The van der Waals surface area contributed by atoms with Gasteiger partial charge >= 0.3 is 5.69 Å². The molecule has 0 amide bonds. The molecule has 3 aromatic rings. The number of sulfone groups is 1. The maximum Gasteiger partial charge on any atom is 0.350 e. The zero-order chi connectivity index (χ0) is 15.2. The maximum absolute atomic E-state index is 11.9. The standard InChI is InChI=1S/C10H7BrN6O3S/c1-21(19,20)9-13-8-6(11)7(5-3-2-4-12-15-5)16-17(8)10(18)14-9/h2-4H,1H3,(H,13,14,18). The van der Waals surface area contributed by atoms with Crippen molar-refractivity contribution in [1.29, 1.82) is 0 Å². The first-order valence-electron chi connectivity index (χ1n) is 5.54. The second-order valence-electron chi connectivity index (χ2n) is 4.13. The normalized spacial score (nSPS) is 11.9. The van der Waals surface area contributed by atoms with Crippen LogP contribution in [0, 0.1) is 0 Å². The SMILES string of the molecule is CS(=O)(=O)c1nc2c(Br)c(-c3cccnn3)nn2c(=O)[nH]1. The largest absolute Gasteiger partial charge is 0.350 e. The number of fused-ring (bicyclic) bond motifs is 1. The van der Waals surface area contributed by atoms with Crippen LogP contribution in [0.2, 0.25) is 0 Å². The van der Waals surface area contributed by atoms with Gasteiger partial charge in [0.15, 0.2) is 5.65 Å². The van der Waals surface area contributed by atoms with E-state index in [9.17, 15) is 13.2 Å². The highest BCUT2D eigenvalue weighted by molar-refractivity contribution is 9.10. The highest BCUT2D eigenvalue weighted by atomic mass is 79.9. The average Bonchev–Trinajstić information content (AvgIpc) is 2.77. The van der Waals surface area contributed by atoms with Gasteiger partial charge in [0.2, 0.25) is 15.0 Å². The molecule has 9 nitrogen and oxygen atoms in total. The molecule has 0 saturated heterocycles. The lowest BCUT2D eigenvalue weighted by molar-refractivity contribution is 0.590. The molecule has 3 rings (SSSR count). The first-order chi connectivity index (χ1) is 9.88. The summed E-state index contributed by atoms with van der Waals surface area (Å²) in [5, 5.41) is 11.3. The van der Waals surface area contributed by atoms with Crippen molar-refractivity contribution in [2.75, 3.05) is 6.26 Å². The Labute approximate surface area is 126 Å². The van der Waals surface area contributed by atoms with E-state index in [2.05, 4.69) is 41.2 Å². The first-order valence-corrected chi connectivity index (χ1v) is 8.23. The minimum atomic E-state index is -3.65. The molecule has 0 saturated carbocycles. The molecule has 3 heterocycles. The predicted octanol–water partition coefficient (Wildman–Crippen LogP) is 0.0406. The molecule has 0 aliphatic carbocycles. The number of H-pyrrole nitrogens is 1. The van der Waals surface area contributed by atoms with Gasteiger partial charge in [-0.25, -0.2) is 13.2 Å². The molecular weight excluding hydrogens is 364 g/mol. The van der Waals surface area contributed by atoms with E-state index in [-0.39, 0.29) is 5.65 Å². The summed E-state index contributed by atoms with van der Waals surface area (Å²) in [7, 11) is -3.65. The zero-order valence-electron chi connectivity index (χ0n) is 10.5. The summed E-state index contributed by atoms with van der Waals surface area (Å²) < 4.78 is 24.4. The van der Waals surface area contributed by atoms with Gasteiger partial charge in [0.05, 0.1) is 4.47 Å². The fourth-order valence-electron chi connectivity index (χ4n) is 1.66. The smallest absolute Gasteiger partial charge is 0.281 e. The molecule has 0 aliphatic rings. The Morgan fingerprint density at radius 2 is 2.14 bits per heavy atom. The van der Waals surface area contributed by atoms with Crippen LogP contribution in [-0.2, 0) is 9.84 Å². The van der Waals surface area contributed by atoms with Gasteiger partial charge in [0.1, 0.15) is 11.4 Å². The van der Waals surface area contributed by atoms with Crippen molar-refractivity contribution in [3.63, 3.8) is 0 Å². The van der Waals surface area contributed by atoms with E-state index in [1.165, 1.54) is 6.20 Å². The van der Waals surface area contributed by atoms with Crippen LogP contribution in [0.3, 0.4) is 0 Å². The molecule has 11 heteroatoms. The summed E-state index contributed by atoms with van der Waals surface area (Å²) in [6.07, 6.45) is 2.45. The van der Waals surface area contributed by atoms with Crippen molar-refractivity contribution in [3.05, 3.63) is 33.3 Å². The summed E-state index contributed by atoms with van der Waals surface area (Å²) in [6, 6.07) is 3.32. The topological polar surface area (TPSA) is 123 Å². The molecule has 0 aliphatic heterocycles. The van der Waals surface area contributed by atoms with Crippen molar-refractivity contribution in [2.45, 2.75) is 5.16 Å². The second kappa shape index (κ2) is 4.70. The number of hydrogen-bond acceptors (Lipinski definition) is 7. The summed E-state index contributed by atoms with van der Waals surface area (Å²) in [5.74, 6) is 0. The Morgan fingerprint density at radius 3 is 2.76 bits per heavy atom. The van der Waals surface area contributed by atoms with Crippen LogP contribution in [0.25, 0.3) is 17.0 Å². The molecule has 0 radical (unpaired) electrons. The molecule has 0 aromatic carbocycles. The number of nitrogens with zero attached hydrogens (tertiary/aromatic N) is 5. The van der Waals surface area contributed by atoms with Crippen LogP contribution in [0.15, 0.2) is 32.8 Å². The third kappa shape index (κ3) is 2.34. The molecule has 108 valence electrons. The molecule has 0 bridgehead atoms. The van der Waals surface area contributed by atoms with Crippen molar-refractivity contribution < 1.29 is 8.42 Å². The van der Waals surface area contributed by atoms with Gasteiger partial charge in [-0.15, -0.1) is 5.10 Å². The molecule has 3 aromatic heterocycles. The lowest BCUT2D eigenvalue weighted by atomic mass is 10.3. The predicted molar refractivity (Wildman–Crippen MR) is 75.4 cm³/mol. The number of aromatic nitrogens is 6. The fourth-order valence-corrected chi connectivity index (χ4v) is 2.73. The molecule has 0 atom stereocenters.